The lowest BCUT2D eigenvalue weighted by Crippen LogP contribution is -2.46. The lowest BCUT2D eigenvalue weighted by atomic mass is 10.2. The molecule has 1 aliphatic heterocycles. The molecule has 20 heavy (non-hydrogen) atoms. The Balaban J connectivity index is 0.00000200. The molecule has 0 atom stereocenters. The van der Waals surface area contributed by atoms with E-state index in [9.17, 15) is 12.8 Å². The lowest BCUT2D eigenvalue weighted by Gasteiger charge is -2.27. The molecule has 0 unspecified atom stereocenters. The Kier molecular flexibility index (Phi) is 5.76. The first-order chi connectivity index (χ1) is 8.98. The van der Waals surface area contributed by atoms with Crippen LogP contribution in [0, 0.1) is 12.7 Å². The van der Waals surface area contributed by atoms with E-state index < -0.39 is 15.8 Å². The second kappa shape index (κ2) is 6.71. The second-order valence-electron chi connectivity index (χ2n) is 4.36. The van der Waals surface area contributed by atoms with Gasteiger partial charge in [0, 0.05) is 31.7 Å². The second-order valence-corrected chi connectivity index (χ2v) is 6.27. The van der Waals surface area contributed by atoms with Crippen molar-refractivity contribution in [2.24, 2.45) is 0 Å². The summed E-state index contributed by atoms with van der Waals surface area (Å²) in [6, 6.07) is 2.74. The third-order valence-electron chi connectivity index (χ3n) is 3.21. The lowest BCUT2D eigenvalue weighted by molar-refractivity contribution is 0.358. The molecule has 0 aliphatic carbocycles. The van der Waals surface area contributed by atoms with Crippen molar-refractivity contribution in [2.75, 3.05) is 33.3 Å². The normalized spacial score (nSPS) is 16.6. The van der Waals surface area contributed by atoms with Crippen LogP contribution < -0.4 is 10.1 Å². The molecular weight excluding hydrogens is 307 g/mol. The highest BCUT2D eigenvalue weighted by Gasteiger charge is 2.28. The zero-order valence-corrected chi connectivity index (χ0v) is 13.0. The molecule has 1 fully saturated rings. The number of halogens is 2. The molecule has 0 aromatic heterocycles. The maximum atomic E-state index is 13.9. The zero-order chi connectivity index (χ0) is 14.0. The minimum Gasteiger partial charge on any atom is -0.494 e. The summed E-state index contributed by atoms with van der Waals surface area (Å²) in [6.45, 7) is 3.46. The Morgan fingerprint density at radius 2 is 1.90 bits per heavy atom. The van der Waals surface area contributed by atoms with Crippen LogP contribution in [0.4, 0.5) is 4.39 Å². The van der Waals surface area contributed by atoms with E-state index in [1.165, 1.54) is 30.5 Å². The molecule has 2 rings (SSSR count). The van der Waals surface area contributed by atoms with E-state index >= 15 is 0 Å². The van der Waals surface area contributed by atoms with Crippen LogP contribution in [-0.2, 0) is 10.0 Å². The minimum absolute atomic E-state index is 0. The highest BCUT2D eigenvalue weighted by atomic mass is 35.5. The van der Waals surface area contributed by atoms with Gasteiger partial charge in [-0.1, -0.05) is 0 Å². The van der Waals surface area contributed by atoms with Gasteiger partial charge in [0.25, 0.3) is 0 Å². The number of ether oxygens (including phenoxy) is 1. The van der Waals surface area contributed by atoms with Crippen molar-refractivity contribution in [1.29, 1.82) is 0 Å². The van der Waals surface area contributed by atoms with E-state index in [4.69, 9.17) is 4.74 Å². The fourth-order valence-corrected chi connectivity index (χ4v) is 3.76. The van der Waals surface area contributed by atoms with E-state index in [-0.39, 0.29) is 28.6 Å². The number of hydrogen-bond donors (Lipinski definition) is 1. The summed E-state index contributed by atoms with van der Waals surface area (Å²) in [5, 5.41) is 3.08. The predicted octanol–water partition coefficient (Wildman–Crippen LogP) is 1.16. The average Bonchev–Trinajstić information content (AvgIpc) is 2.42. The fraction of sp³-hybridized carbons (Fsp3) is 0.500. The molecule has 0 amide bonds. The Bertz CT molecular complexity index is 574. The van der Waals surface area contributed by atoms with E-state index in [1.807, 2.05) is 0 Å². The molecule has 1 aliphatic rings. The smallest absolute Gasteiger partial charge is 0.243 e. The van der Waals surface area contributed by atoms with Gasteiger partial charge in [-0.05, 0) is 19.1 Å². The van der Waals surface area contributed by atoms with Crippen molar-refractivity contribution in [3.63, 3.8) is 0 Å². The quantitative estimate of drug-likeness (QED) is 0.906. The van der Waals surface area contributed by atoms with Crippen molar-refractivity contribution in [3.8, 4) is 5.75 Å². The highest BCUT2D eigenvalue weighted by molar-refractivity contribution is 7.89. The Hall–Kier alpha value is -0.890. The monoisotopic (exact) mass is 324 g/mol. The van der Waals surface area contributed by atoms with Gasteiger partial charge in [-0.15, -0.1) is 12.4 Å². The molecule has 1 N–H and O–H groups in total. The van der Waals surface area contributed by atoms with Gasteiger partial charge in [0.15, 0.2) is 11.6 Å². The summed E-state index contributed by atoms with van der Waals surface area (Å²) in [5.41, 5.74) is 0.0953. The summed E-state index contributed by atoms with van der Waals surface area (Å²) in [4.78, 5) is 0.00713. The molecule has 1 heterocycles. The van der Waals surface area contributed by atoms with Crippen molar-refractivity contribution in [1.82, 2.24) is 9.62 Å². The van der Waals surface area contributed by atoms with Gasteiger partial charge in [0.2, 0.25) is 10.0 Å². The largest absolute Gasteiger partial charge is 0.494 e. The summed E-state index contributed by atoms with van der Waals surface area (Å²) in [7, 11) is -2.29. The van der Waals surface area contributed by atoms with E-state index in [0.29, 0.717) is 26.2 Å². The van der Waals surface area contributed by atoms with E-state index in [2.05, 4.69) is 5.32 Å². The fourth-order valence-electron chi connectivity index (χ4n) is 2.10. The molecule has 1 saturated heterocycles. The van der Waals surface area contributed by atoms with E-state index in [0.717, 1.165) is 0 Å². The number of sulfonamides is 1. The first-order valence-electron chi connectivity index (χ1n) is 6.02. The topological polar surface area (TPSA) is 58.6 Å². The first-order valence-corrected chi connectivity index (χ1v) is 7.46. The number of benzene rings is 1. The van der Waals surface area contributed by atoms with Crippen LogP contribution in [0.3, 0.4) is 0 Å². The van der Waals surface area contributed by atoms with Gasteiger partial charge in [0.1, 0.15) is 0 Å². The van der Waals surface area contributed by atoms with Crippen LogP contribution >= 0.6 is 12.4 Å². The van der Waals surface area contributed by atoms with Crippen LogP contribution in [0.25, 0.3) is 0 Å². The number of rotatable bonds is 3. The van der Waals surface area contributed by atoms with E-state index in [1.54, 1.807) is 0 Å². The van der Waals surface area contributed by atoms with Crippen LogP contribution in [0.2, 0.25) is 0 Å². The molecule has 0 spiro atoms. The van der Waals surface area contributed by atoms with Gasteiger partial charge in [-0.2, -0.15) is 4.31 Å². The van der Waals surface area contributed by atoms with Gasteiger partial charge in [0.05, 0.1) is 12.0 Å². The Morgan fingerprint density at radius 3 is 2.45 bits per heavy atom. The van der Waals surface area contributed by atoms with Crippen molar-refractivity contribution in [3.05, 3.63) is 23.5 Å². The molecule has 0 bridgehead atoms. The number of nitrogens with one attached hydrogen (secondary N) is 1. The molecule has 114 valence electrons. The standard InChI is InChI=1S/C12H17FN2O3S.ClH/c1-9-11(4-3-10(18-2)12(9)13)19(16,17)15-7-5-14-6-8-15;/h3-4,14H,5-8H2,1-2H3;1H. The predicted molar refractivity (Wildman–Crippen MR) is 76.6 cm³/mol. The Morgan fingerprint density at radius 1 is 1.30 bits per heavy atom. The third-order valence-corrected chi connectivity index (χ3v) is 5.26. The number of methoxy groups -OCH3 is 1. The van der Waals surface area contributed by atoms with Crippen LogP contribution in [-0.4, -0.2) is 46.0 Å². The maximum Gasteiger partial charge on any atom is 0.243 e. The Labute approximate surface area is 124 Å². The summed E-state index contributed by atoms with van der Waals surface area (Å²) in [6.07, 6.45) is 0. The number of hydrogen-bond acceptors (Lipinski definition) is 4. The molecule has 0 saturated carbocycles. The average molecular weight is 325 g/mol. The van der Waals surface area contributed by atoms with Crippen LogP contribution in [0.1, 0.15) is 5.56 Å². The molecule has 5 nitrogen and oxygen atoms in total. The van der Waals surface area contributed by atoms with Crippen molar-refractivity contribution < 1.29 is 17.5 Å². The first kappa shape index (κ1) is 17.2. The minimum atomic E-state index is -3.64. The van der Waals surface area contributed by atoms with Crippen LogP contribution in [0.5, 0.6) is 5.75 Å². The SMILES string of the molecule is COc1ccc(S(=O)(=O)N2CCNCC2)c(C)c1F.Cl. The molecule has 0 radical (unpaired) electrons. The molecule has 8 heteroatoms. The zero-order valence-electron chi connectivity index (χ0n) is 11.3. The van der Waals surface area contributed by atoms with Gasteiger partial charge >= 0.3 is 0 Å². The molecular formula is C12H18ClFN2O3S. The van der Waals surface area contributed by atoms with Gasteiger partial charge in [-0.3, -0.25) is 0 Å². The third kappa shape index (κ3) is 3.06. The number of nitrogens with zero attached hydrogens (tertiary/aromatic N) is 1. The van der Waals surface area contributed by atoms with Crippen LogP contribution in [0.15, 0.2) is 17.0 Å². The molecule has 1 aromatic rings. The highest BCUT2D eigenvalue weighted by Crippen LogP contribution is 2.28. The van der Waals surface area contributed by atoms with Crippen molar-refractivity contribution >= 4 is 22.4 Å². The number of piperazine rings is 1. The van der Waals surface area contributed by atoms with Gasteiger partial charge < -0.3 is 10.1 Å². The molecule has 1 aromatic carbocycles. The summed E-state index contributed by atoms with van der Waals surface area (Å²) < 4.78 is 45.1. The summed E-state index contributed by atoms with van der Waals surface area (Å²) >= 11 is 0. The maximum absolute atomic E-state index is 13.9. The van der Waals surface area contributed by atoms with Gasteiger partial charge in [-0.25, -0.2) is 12.8 Å². The summed E-state index contributed by atoms with van der Waals surface area (Å²) in [5.74, 6) is -0.574. The van der Waals surface area contributed by atoms with Crippen molar-refractivity contribution in [2.45, 2.75) is 11.8 Å².